The van der Waals surface area contributed by atoms with Crippen molar-refractivity contribution in [3.8, 4) is 0 Å². The van der Waals surface area contributed by atoms with Crippen molar-refractivity contribution in [3.05, 3.63) is 71.8 Å². The summed E-state index contributed by atoms with van der Waals surface area (Å²) in [7, 11) is -2.83. The molecule has 1 heterocycles. The van der Waals surface area contributed by atoms with Crippen LogP contribution < -0.4 is 0 Å². The lowest BCUT2D eigenvalue weighted by Gasteiger charge is -2.44. The van der Waals surface area contributed by atoms with E-state index in [-0.39, 0.29) is 19.8 Å². The van der Waals surface area contributed by atoms with Gasteiger partial charge in [0.05, 0.1) is 13.2 Å². The molecule has 1 fully saturated rings. The summed E-state index contributed by atoms with van der Waals surface area (Å²) in [5, 5.41) is 0. The molecule has 3 rings (SSSR count). The second-order valence-corrected chi connectivity index (χ2v) is 9.86. The molecular weight excluding hydrogens is 463 g/mol. The van der Waals surface area contributed by atoms with Crippen molar-refractivity contribution in [1.29, 1.82) is 0 Å². The van der Waals surface area contributed by atoms with Crippen molar-refractivity contribution in [2.75, 3.05) is 13.7 Å². The highest BCUT2D eigenvalue weighted by Crippen LogP contribution is 2.59. The molecule has 2 aromatic carbocycles. The quantitative estimate of drug-likeness (QED) is 0.361. The van der Waals surface area contributed by atoms with Crippen LogP contribution in [0.2, 0.25) is 0 Å². The number of esters is 2. The summed E-state index contributed by atoms with van der Waals surface area (Å²) in [6.07, 6.45) is -2.93. The Morgan fingerprint density at radius 2 is 1.38 bits per heavy atom. The van der Waals surface area contributed by atoms with E-state index in [0.29, 0.717) is 0 Å². The van der Waals surface area contributed by atoms with E-state index in [0.717, 1.165) is 11.1 Å². The minimum Gasteiger partial charge on any atom is -0.463 e. The molecule has 0 radical (unpaired) electrons. The first-order valence-electron chi connectivity index (χ1n) is 10.8. The number of ether oxygens (including phenoxy) is 4. The van der Waals surface area contributed by atoms with Crippen molar-refractivity contribution in [3.63, 3.8) is 0 Å². The van der Waals surface area contributed by atoms with Crippen molar-refractivity contribution >= 4 is 19.5 Å². The number of hydrogen-bond donors (Lipinski definition) is 0. The Morgan fingerprint density at radius 1 is 0.853 bits per heavy atom. The first-order chi connectivity index (χ1) is 16.3. The Balaban J connectivity index is 1.94. The number of hydrogen-bond acceptors (Lipinski definition) is 9. The van der Waals surface area contributed by atoms with Gasteiger partial charge in [-0.3, -0.25) is 18.7 Å². The summed E-state index contributed by atoms with van der Waals surface area (Å²) in [5.74, 6) is -2.60. The highest BCUT2D eigenvalue weighted by atomic mass is 31.2. The predicted octanol–water partition coefficient (Wildman–Crippen LogP) is 3.85. The summed E-state index contributed by atoms with van der Waals surface area (Å²) >= 11 is 0. The molecule has 0 spiro atoms. The van der Waals surface area contributed by atoms with Gasteiger partial charge in [0.15, 0.2) is 0 Å². The van der Waals surface area contributed by atoms with Crippen LogP contribution in [0.15, 0.2) is 60.7 Å². The Labute approximate surface area is 198 Å². The maximum Gasteiger partial charge on any atom is 0.374 e. The number of carbonyl (C=O) groups excluding carboxylic acids is 2. The van der Waals surface area contributed by atoms with Crippen molar-refractivity contribution < 1.29 is 42.1 Å². The molecule has 34 heavy (non-hydrogen) atoms. The maximum absolute atomic E-state index is 13.6. The van der Waals surface area contributed by atoms with Crippen molar-refractivity contribution in [1.82, 2.24) is 0 Å². The molecule has 184 valence electrons. The molecule has 1 saturated heterocycles. The average Bonchev–Trinajstić information content (AvgIpc) is 2.83. The Bertz CT molecular complexity index is 982. The normalized spacial score (nSPS) is 26.6. The Hall–Kier alpha value is -2.55. The fourth-order valence-electron chi connectivity index (χ4n) is 3.55. The van der Waals surface area contributed by atoms with Gasteiger partial charge in [-0.2, -0.15) is 0 Å². The maximum atomic E-state index is 13.6. The van der Waals surface area contributed by atoms with Gasteiger partial charge >= 0.3 is 19.5 Å². The molecule has 1 aliphatic heterocycles. The lowest BCUT2D eigenvalue weighted by atomic mass is 10.1. The molecule has 2 aromatic rings. The third-order valence-electron chi connectivity index (χ3n) is 5.13. The third kappa shape index (κ3) is 6.98. The van der Waals surface area contributed by atoms with Crippen LogP contribution in [0.5, 0.6) is 0 Å². The SMILES string of the molecule is CO[P@]1(=O)O[C@H](COC(C)=O)[C@@H](OCc2ccccc2)[C@H](OCc2ccccc2)[C@H]1OC(C)=O. The first kappa shape index (κ1) is 26.1. The Kier molecular flexibility index (Phi) is 9.38. The third-order valence-corrected chi connectivity index (χ3v) is 7.22. The van der Waals surface area contributed by atoms with E-state index in [1.807, 2.05) is 60.7 Å². The molecule has 0 bridgehead atoms. The smallest absolute Gasteiger partial charge is 0.374 e. The van der Waals surface area contributed by atoms with Crippen LogP contribution in [0, 0.1) is 0 Å². The molecule has 0 amide bonds. The van der Waals surface area contributed by atoms with Crippen LogP contribution in [0.3, 0.4) is 0 Å². The fourth-order valence-corrected chi connectivity index (χ4v) is 5.41. The lowest BCUT2D eigenvalue weighted by molar-refractivity contribution is -0.193. The van der Waals surface area contributed by atoms with E-state index in [1.165, 1.54) is 21.0 Å². The topological polar surface area (TPSA) is 107 Å². The largest absolute Gasteiger partial charge is 0.463 e. The van der Waals surface area contributed by atoms with Crippen molar-refractivity contribution in [2.24, 2.45) is 0 Å². The zero-order valence-electron chi connectivity index (χ0n) is 19.3. The van der Waals surface area contributed by atoms with Crippen molar-refractivity contribution in [2.45, 2.75) is 51.2 Å². The van der Waals surface area contributed by atoms with E-state index < -0.39 is 43.7 Å². The Morgan fingerprint density at radius 3 is 1.85 bits per heavy atom. The number of benzene rings is 2. The predicted molar refractivity (Wildman–Crippen MR) is 122 cm³/mol. The van der Waals surface area contributed by atoms with Gasteiger partial charge in [0.1, 0.15) is 24.9 Å². The molecule has 1 aliphatic rings. The van der Waals surface area contributed by atoms with Gasteiger partial charge in [0.2, 0.25) is 5.85 Å². The zero-order chi connectivity index (χ0) is 24.6. The molecule has 0 saturated carbocycles. The van der Waals surface area contributed by atoms with E-state index in [4.69, 9.17) is 28.0 Å². The molecule has 0 aliphatic carbocycles. The van der Waals surface area contributed by atoms with Gasteiger partial charge in [0, 0.05) is 21.0 Å². The van der Waals surface area contributed by atoms with Gasteiger partial charge in [0.25, 0.3) is 0 Å². The van der Waals surface area contributed by atoms with Crippen LogP contribution in [0.1, 0.15) is 25.0 Å². The highest BCUT2D eigenvalue weighted by Gasteiger charge is 2.57. The minimum atomic E-state index is -4.02. The zero-order valence-corrected chi connectivity index (χ0v) is 20.2. The molecule has 0 unspecified atom stereocenters. The average molecular weight is 492 g/mol. The molecule has 0 N–H and O–H groups in total. The van der Waals surface area contributed by atoms with Crippen LogP contribution in [0.4, 0.5) is 0 Å². The van der Waals surface area contributed by atoms with Gasteiger partial charge < -0.3 is 23.5 Å². The summed E-state index contributed by atoms with van der Waals surface area (Å²) in [5.41, 5.74) is 1.72. The van der Waals surface area contributed by atoms with Gasteiger partial charge in [-0.05, 0) is 11.1 Å². The van der Waals surface area contributed by atoms with Crippen LogP contribution in [0.25, 0.3) is 0 Å². The second kappa shape index (κ2) is 12.2. The lowest BCUT2D eigenvalue weighted by Crippen LogP contribution is -2.55. The van der Waals surface area contributed by atoms with Crippen LogP contribution >= 0.6 is 7.60 Å². The number of carbonyl (C=O) groups is 2. The van der Waals surface area contributed by atoms with Gasteiger partial charge in [-0.15, -0.1) is 0 Å². The first-order valence-corrected chi connectivity index (χ1v) is 12.4. The molecule has 0 aromatic heterocycles. The summed E-state index contributed by atoms with van der Waals surface area (Å²) in [4.78, 5) is 23.4. The van der Waals surface area contributed by atoms with E-state index in [2.05, 4.69) is 0 Å². The molecule has 10 heteroatoms. The summed E-state index contributed by atoms with van der Waals surface area (Å²) in [6.45, 7) is 2.49. The van der Waals surface area contributed by atoms with Crippen LogP contribution in [-0.2, 0) is 55.4 Å². The fraction of sp³-hybridized carbons (Fsp3) is 0.417. The summed E-state index contributed by atoms with van der Waals surface area (Å²) in [6, 6.07) is 18.7. The minimum absolute atomic E-state index is 0.123. The van der Waals surface area contributed by atoms with E-state index in [9.17, 15) is 14.2 Å². The molecule has 5 atom stereocenters. The number of rotatable bonds is 10. The monoisotopic (exact) mass is 492 g/mol. The van der Waals surface area contributed by atoms with E-state index >= 15 is 0 Å². The summed E-state index contributed by atoms with van der Waals surface area (Å²) < 4.78 is 47.3. The highest BCUT2D eigenvalue weighted by molar-refractivity contribution is 7.54. The van der Waals surface area contributed by atoms with Crippen LogP contribution in [-0.4, -0.2) is 49.8 Å². The van der Waals surface area contributed by atoms with Gasteiger partial charge in [-0.25, -0.2) is 0 Å². The molecule has 9 nitrogen and oxygen atoms in total. The van der Waals surface area contributed by atoms with Gasteiger partial charge in [-0.1, -0.05) is 60.7 Å². The standard InChI is InChI=1S/C24H29O9P/c1-17(25)29-16-21-22(30-14-19-10-6-4-7-11-19)23(31-15-20-12-8-5-9-13-20)24(32-18(2)26)34(27,28-3)33-21/h4-13,21-24H,14-16H2,1-3H3/t21-,22-,23+,24+,34+/m1/s1. The van der Waals surface area contributed by atoms with E-state index in [1.54, 1.807) is 0 Å². The molecular formula is C24H29O9P. The second-order valence-electron chi connectivity index (χ2n) is 7.69.